The van der Waals surface area contributed by atoms with E-state index >= 15 is 0 Å². The van der Waals surface area contributed by atoms with Crippen molar-refractivity contribution >= 4 is 11.6 Å². The molecule has 0 saturated heterocycles. The minimum absolute atomic E-state index is 0.239. The quantitative estimate of drug-likeness (QED) is 0.646. The van der Waals surface area contributed by atoms with Gasteiger partial charge in [0, 0.05) is 30.4 Å². The van der Waals surface area contributed by atoms with Crippen LogP contribution in [0.2, 0.25) is 5.02 Å². The molecule has 1 saturated carbocycles. The molecule has 0 heterocycles. The highest BCUT2D eigenvalue weighted by molar-refractivity contribution is 6.30. The SMILES string of the molecule is NCC1(c2c(F)ccc(Cl)c2F)CC(F)(F)C1. The summed E-state index contributed by atoms with van der Waals surface area (Å²) in [5.41, 5.74) is 3.64. The second-order valence-electron chi connectivity index (χ2n) is 4.41. The zero-order valence-corrected chi connectivity index (χ0v) is 9.50. The van der Waals surface area contributed by atoms with Crippen molar-refractivity contribution in [3.8, 4) is 0 Å². The molecule has 0 unspecified atom stereocenters. The maximum atomic E-state index is 13.7. The number of rotatable bonds is 2. The van der Waals surface area contributed by atoms with Gasteiger partial charge in [-0.15, -0.1) is 0 Å². The lowest BCUT2D eigenvalue weighted by atomic mass is 9.62. The summed E-state index contributed by atoms with van der Waals surface area (Å²) in [5.74, 6) is -4.79. The molecule has 1 nitrogen and oxygen atoms in total. The van der Waals surface area contributed by atoms with Crippen LogP contribution in [0.4, 0.5) is 17.6 Å². The number of hydrogen-bond acceptors (Lipinski definition) is 1. The van der Waals surface area contributed by atoms with Crippen LogP contribution in [-0.4, -0.2) is 12.5 Å². The summed E-state index contributed by atoms with van der Waals surface area (Å²) in [6.07, 6.45) is -1.30. The van der Waals surface area contributed by atoms with Gasteiger partial charge < -0.3 is 5.73 Å². The Morgan fingerprint density at radius 1 is 1.24 bits per heavy atom. The molecule has 0 aromatic heterocycles. The molecule has 1 aliphatic rings. The monoisotopic (exact) mass is 267 g/mol. The van der Waals surface area contributed by atoms with E-state index in [9.17, 15) is 17.6 Å². The van der Waals surface area contributed by atoms with Crippen molar-refractivity contribution < 1.29 is 17.6 Å². The maximum Gasteiger partial charge on any atom is 0.250 e. The Hall–Kier alpha value is -0.810. The number of alkyl halides is 2. The topological polar surface area (TPSA) is 26.0 Å². The molecule has 2 rings (SSSR count). The summed E-state index contributed by atoms with van der Waals surface area (Å²) >= 11 is 5.53. The lowest BCUT2D eigenvalue weighted by Crippen LogP contribution is -2.54. The van der Waals surface area contributed by atoms with Crippen LogP contribution in [0.5, 0.6) is 0 Å². The van der Waals surface area contributed by atoms with E-state index in [1.54, 1.807) is 0 Å². The molecule has 6 heteroatoms. The van der Waals surface area contributed by atoms with Crippen molar-refractivity contribution in [3.05, 3.63) is 34.4 Å². The van der Waals surface area contributed by atoms with Crippen LogP contribution in [-0.2, 0) is 5.41 Å². The van der Waals surface area contributed by atoms with E-state index in [1.165, 1.54) is 0 Å². The van der Waals surface area contributed by atoms with Gasteiger partial charge in [-0.3, -0.25) is 0 Å². The number of nitrogens with two attached hydrogens (primary N) is 1. The summed E-state index contributed by atoms with van der Waals surface area (Å²) in [5, 5.41) is -0.288. The average Bonchev–Trinajstić information content (AvgIpc) is 2.21. The van der Waals surface area contributed by atoms with Crippen LogP contribution in [0.15, 0.2) is 12.1 Å². The molecule has 2 N–H and O–H groups in total. The van der Waals surface area contributed by atoms with E-state index in [1.807, 2.05) is 0 Å². The first-order valence-corrected chi connectivity index (χ1v) is 5.41. The second-order valence-corrected chi connectivity index (χ2v) is 4.82. The molecule has 0 atom stereocenters. The van der Waals surface area contributed by atoms with Crippen molar-refractivity contribution in [3.63, 3.8) is 0 Å². The molecule has 1 fully saturated rings. The fourth-order valence-corrected chi connectivity index (χ4v) is 2.53. The first-order chi connectivity index (χ1) is 7.81. The van der Waals surface area contributed by atoms with Crippen molar-refractivity contribution in [2.75, 3.05) is 6.54 Å². The zero-order valence-electron chi connectivity index (χ0n) is 8.74. The van der Waals surface area contributed by atoms with Crippen molar-refractivity contribution in [1.82, 2.24) is 0 Å². The highest BCUT2D eigenvalue weighted by Gasteiger charge is 2.58. The number of halogens is 5. The predicted octanol–water partition coefficient (Wildman–Crippen LogP) is 3.24. The Morgan fingerprint density at radius 2 is 1.82 bits per heavy atom. The standard InChI is InChI=1S/C11H10ClF4N/c12-6-1-2-7(13)8(9(6)14)10(5-17)3-11(15,16)4-10/h1-2H,3-5,17H2. The molecule has 0 radical (unpaired) electrons. The van der Waals surface area contributed by atoms with Crippen LogP contribution in [0, 0.1) is 11.6 Å². The highest BCUT2D eigenvalue weighted by Crippen LogP contribution is 2.54. The summed E-state index contributed by atoms with van der Waals surface area (Å²) < 4.78 is 53.2. The van der Waals surface area contributed by atoms with Crippen molar-refractivity contribution in [2.45, 2.75) is 24.2 Å². The fraction of sp³-hybridized carbons (Fsp3) is 0.455. The normalized spacial score (nSPS) is 21.1. The van der Waals surface area contributed by atoms with E-state index < -0.39 is 41.4 Å². The van der Waals surface area contributed by atoms with Gasteiger partial charge in [0.25, 0.3) is 0 Å². The summed E-state index contributed by atoms with van der Waals surface area (Å²) in [6.45, 7) is -0.239. The molecule has 17 heavy (non-hydrogen) atoms. The van der Waals surface area contributed by atoms with Crippen LogP contribution in [0.25, 0.3) is 0 Å². The number of benzene rings is 1. The first-order valence-electron chi connectivity index (χ1n) is 5.03. The molecule has 1 aromatic rings. The van der Waals surface area contributed by atoms with Gasteiger partial charge in [0.05, 0.1) is 5.02 Å². The Kier molecular flexibility index (Phi) is 2.86. The van der Waals surface area contributed by atoms with Crippen molar-refractivity contribution in [2.24, 2.45) is 5.73 Å². The maximum absolute atomic E-state index is 13.7. The summed E-state index contributed by atoms with van der Waals surface area (Å²) in [4.78, 5) is 0. The van der Waals surface area contributed by atoms with Gasteiger partial charge in [0.1, 0.15) is 11.6 Å². The molecular formula is C11H10ClF4N. The van der Waals surface area contributed by atoms with Gasteiger partial charge >= 0.3 is 0 Å². The Morgan fingerprint density at radius 3 is 2.29 bits per heavy atom. The third-order valence-electron chi connectivity index (χ3n) is 3.16. The minimum Gasteiger partial charge on any atom is -0.330 e. The highest BCUT2D eigenvalue weighted by atomic mass is 35.5. The second kappa shape index (κ2) is 3.85. The Balaban J connectivity index is 2.50. The lowest BCUT2D eigenvalue weighted by Gasteiger charge is -2.47. The van der Waals surface area contributed by atoms with E-state index in [-0.39, 0.29) is 11.6 Å². The van der Waals surface area contributed by atoms with Crippen molar-refractivity contribution in [1.29, 1.82) is 0 Å². The molecule has 0 amide bonds. The minimum atomic E-state index is -2.92. The van der Waals surface area contributed by atoms with E-state index in [2.05, 4.69) is 0 Å². The largest absolute Gasteiger partial charge is 0.330 e. The van der Waals surface area contributed by atoms with Gasteiger partial charge in [-0.2, -0.15) is 0 Å². The lowest BCUT2D eigenvalue weighted by molar-refractivity contribution is -0.125. The number of hydrogen-bond donors (Lipinski definition) is 1. The van der Waals surface area contributed by atoms with Crippen LogP contribution in [0.1, 0.15) is 18.4 Å². The van der Waals surface area contributed by atoms with E-state index in [0.29, 0.717) is 0 Å². The molecule has 0 bridgehead atoms. The third kappa shape index (κ3) is 1.91. The molecule has 0 aliphatic heterocycles. The molecule has 94 valence electrons. The molecule has 1 aliphatic carbocycles. The smallest absolute Gasteiger partial charge is 0.250 e. The van der Waals surface area contributed by atoms with Gasteiger partial charge in [-0.25, -0.2) is 17.6 Å². The first kappa shape index (κ1) is 12.6. The summed E-state index contributed by atoms with van der Waals surface area (Å²) in [7, 11) is 0. The fourth-order valence-electron chi connectivity index (χ4n) is 2.37. The molecule has 0 spiro atoms. The van der Waals surface area contributed by atoms with Crippen LogP contribution < -0.4 is 5.73 Å². The van der Waals surface area contributed by atoms with E-state index in [0.717, 1.165) is 12.1 Å². The van der Waals surface area contributed by atoms with Crippen LogP contribution in [0.3, 0.4) is 0 Å². The molecular weight excluding hydrogens is 258 g/mol. The average molecular weight is 268 g/mol. The Labute approximate surface area is 101 Å². The van der Waals surface area contributed by atoms with Gasteiger partial charge in [-0.1, -0.05) is 11.6 Å². The van der Waals surface area contributed by atoms with Gasteiger partial charge in [0.15, 0.2) is 0 Å². The zero-order chi connectivity index (χ0) is 12.8. The van der Waals surface area contributed by atoms with E-state index in [4.69, 9.17) is 17.3 Å². The van der Waals surface area contributed by atoms with Crippen LogP contribution >= 0.6 is 11.6 Å². The predicted molar refractivity (Wildman–Crippen MR) is 56.3 cm³/mol. The summed E-state index contributed by atoms with van der Waals surface area (Å²) in [6, 6.07) is 2.02. The Bertz CT molecular complexity index is 453. The molecule has 1 aromatic carbocycles. The third-order valence-corrected chi connectivity index (χ3v) is 3.45. The van der Waals surface area contributed by atoms with Gasteiger partial charge in [0.2, 0.25) is 5.92 Å². The van der Waals surface area contributed by atoms with Gasteiger partial charge in [-0.05, 0) is 12.1 Å².